The number of hydrogen-bond acceptors (Lipinski definition) is 3. The molecule has 3 N–H and O–H groups in total. The molecule has 0 aromatic heterocycles. The van der Waals surface area contributed by atoms with Crippen molar-refractivity contribution in [3.05, 3.63) is 0 Å². The summed E-state index contributed by atoms with van der Waals surface area (Å²) in [6.07, 6.45) is -1.73. The highest BCUT2D eigenvalue weighted by Gasteiger charge is 2.27. The van der Waals surface area contributed by atoms with Crippen molar-refractivity contribution in [2.24, 2.45) is 11.8 Å². The van der Waals surface area contributed by atoms with E-state index in [9.17, 15) is 13.2 Å². The van der Waals surface area contributed by atoms with Crippen molar-refractivity contribution in [1.82, 2.24) is 5.43 Å². The lowest BCUT2D eigenvalue weighted by Gasteiger charge is -2.22. The van der Waals surface area contributed by atoms with Gasteiger partial charge in [-0.15, -0.1) is 0 Å². The molecule has 0 aromatic rings. The highest BCUT2D eigenvalue weighted by molar-refractivity contribution is 4.70. The zero-order chi connectivity index (χ0) is 12.6. The van der Waals surface area contributed by atoms with Gasteiger partial charge in [-0.2, -0.15) is 13.2 Å². The number of alkyl halides is 3. The topological polar surface area (TPSA) is 47.3 Å². The van der Waals surface area contributed by atoms with E-state index in [0.717, 1.165) is 12.8 Å². The molecule has 2 unspecified atom stereocenters. The molecule has 0 aliphatic heterocycles. The Morgan fingerprint density at radius 3 is 2.38 bits per heavy atom. The van der Waals surface area contributed by atoms with Gasteiger partial charge in [0.25, 0.3) is 0 Å². The van der Waals surface area contributed by atoms with Crippen LogP contribution in [0.3, 0.4) is 0 Å². The Labute approximate surface area is 94.5 Å². The minimum absolute atomic E-state index is 0.00758. The van der Waals surface area contributed by atoms with Crippen LogP contribution in [-0.2, 0) is 4.74 Å². The average molecular weight is 242 g/mol. The van der Waals surface area contributed by atoms with Gasteiger partial charge >= 0.3 is 6.18 Å². The summed E-state index contributed by atoms with van der Waals surface area (Å²) in [7, 11) is 0. The highest BCUT2D eigenvalue weighted by Crippen LogP contribution is 2.16. The van der Waals surface area contributed by atoms with Gasteiger partial charge in [0.05, 0.1) is 0 Å². The fraction of sp³-hybridized carbons (Fsp3) is 1.00. The standard InChI is InChI=1S/C10H21F3N2O/c1-3-4-8(2)9(15-14)5-6-16-7-10(11,12)13/h8-9,15H,3-7,14H2,1-2H3. The first kappa shape index (κ1) is 15.7. The quantitative estimate of drug-likeness (QED) is 0.390. The van der Waals surface area contributed by atoms with Crippen LogP contribution in [0.2, 0.25) is 0 Å². The molecule has 0 fully saturated rings. The molecule has 98 valence electrons. The highest BCUT2D eigenvalue weighted by atomic mass is 19.4. The van der Waals surface area contributed by atoms with E-state index in [0.29, 0.717) is 12.3 Å². The van der Waals surface area contributed by atoms with E-state index in [2.05, 4.69) is 17.1 Å². The Balaban J connectivity index is 3.71. The molecule has 2 atom stereocenters. The van der Waals surface area contributed by atoms with Crippen LogP contribution < -0.4 is 11.3 Å². The van der Waals surface area contributed by atoms with Crippen molar-refractivity contribution < 1.29 is 17.9 Å². The molecule has 0 aliphatic rings. The largest absolute Gasteiger partial charge is 0.411 e. The zero-order valence-electron chi connectivity index (χ0n) is 9.81. The molecule has 0 aliphatic carbocycles. The second-order valence-corrected chi connectivity index (χ2v) is 4.00. The van der Waals surface area contributed by atoms with E-state index in [4.69, 9.17) is 5.84 Å². The second kappa shape index (κ2) is 7.86. The third-order valence-corrected chi connectivity index (χ3v) is 2.48. The summed E-state index contributed by atoms with van der Waals surface area (Å²) in [4.78, 5) is 0. The number of hydrogen-bond donors (Lipinski definition) is 2. The fourth-order valence-corrected chi connectivity index (χ4v) is 1.59. The van der Waals surface area contributed by atoms with E-state index in [1.165, 1.54) is 0 Å². The van der Waals surface area contributed by atoms with Crippen molar-refractivity contribution in [3.63, 3.8) is 0 Å². The molecule has 0 radical (unpaired) electrons. The predicted molar refractivity (Wildman–Crippen MR) is 56.7 cm³/mol. The molecular weight excluding hydrogens is 221 g/mol. The first-order valence-corrected chi connectivity index (χ1v) is 5.51. The fourth-order valence-electron chi connectivity index (χ4n) is 1.59. The molecule has 6 heteroatoms. The van der Waals surface area contributed by atoms with Gasteiger partial charge in [-0.1, -0.05) is 20.3 Å². The van der Waals surface area contributed by atoms with Gasteiger partial charge in [-0.25, -0.2) is 0 Å². The van der Waals surface area contributed by atoms with Gasteiger partial charge in [0.2, 0.25) is 0 Å². The Kier molecular flexibility index (Phi) is 7.70. The van der Waals surface area contributed by atoms with Crippen LogP contribution >= 0.6 is 0 Å². The Hall–Kier alpha value is -0.330. The lowest BCUT2D eigenvalue weighted by atomic mass is 9.95. The maximum Gasteiger partial charge on any atom is 0.411 e. The third kappa shape index (κ3) is 7.90. The smallest absolute Gasteiger partial charge is 0.372 e. The van der Waals surface area contributed by atoms with Gasteiger partial charge in [-0.3, -0.25) is 11.3 Å². The SMILES string of the molecule is CCCC(C)C(CCOCC(F)(F)F)NN. The van der Waals surface area contributed by atoms with E-state index < -0.39 is 12.8 Å². The second-order valence-electron chi connectivity index (χ2n) is 4.00. The third-order valence-electron chi connectivity index (χ3n) is 2.48. The monoisotopic (exact) mass is 242 g/mol. The molecule has 0 rings (SSSR count). The van der Waals surface area contributed by atoms with Crippen molar-refractivity contribution in [2.75, 3.05) is 13.2 Å². The molecule has 0 bridgehead atoms. The van der Waals surface area contributed by atoms with Crippen LogP contribution in [-0.4, -0.2) is 25.4 Å². The maximum atomic E-state index is 11.8. The number of ether oxygens (including phenoxy) is 1. The first-order chi connectivity index (χ1) is 7.40. The number of rotatable bonds is 8. The predicted octanol–water partition coefficient (Wildman–Crippen LogP) is 2.22. The number of nitrogens with two attached hydrogens (primary N) is 1. The van der Waals surface area contributed by atoms with E-state index >= 15 is 0 Å². The van der Waals surface area contributed by atoms with Gasteiger partial charge < -0.3 is 4.74 Å². The van der Waals surface area contributed by atoms with Gasteiger partial charge in [0, 0.05) is 12.6 Å². The first-order valence-electron chi connectivity index (χ1n) is 5.51. The molecule has 3 nitrogen and oxygen atoms in total. The summed E-state index contributed by atoms with van der Waals surface area (Å²) < 4.78 is 39.9. The Bertz CT molecular complexity index is 176. The molecule has 16 heavy (non-hydrogen) atoms. The average Bonchev–Trinajstić information content (AvgIpc) is 2.16. The van der Waals surface area contributed by atoms with E-state index in [-0.39, 0.29) is 12.6 Å². The van der Waals surface area contributed by atoms with Crippen LogP contribution in [0, 0.1) is 5.92 Å². The van der Waals surface area contributed by atoms with Crippen molar-refractivity contribution >= 4 is 0 Å². The van der Waals surface area contributed by atoms with Crippen LogP contribution in [0.25, 0.3) is 0 Å². The van der Waals surface area contributed by atoms with Gasteiger partial charge in [-0.05, 0) is 18.8 Å². The number of hydrazine groups is 1. The Morgan fingerprint density at radius 2 is 1.94 bits per heavy atom. The van der Waals surface area contributed by atoms with Crippen LogP contribution in [0.1, 0.15) is 33.1 Å². The molecule has 0 saturated carbocycles. The van der Waals surface area contributed by atoms with E-state index in [1.54, 1.807) is 0 Å². The van der Waals surface area contributed by atoms with E-state index in [1.807, 2.05) is 6.92 Å². The summed E-state index contributed by atoms with van der Waals surface area (Å²) in [5.74, 6) is 5.68. The molecule has 0 spiro atoms. The van der Waals surface area contributed by atoms with Crippen molar-refractivity contribution in [1.29, 1.82) is 0 Å². The van der Waals surface area contributed by atoms with Crippen LogP contribution in [0.5, 0.6) is 0 Å². The normalized spacial score (nSPS) is 16.1. The molecular formula is C10H21F3N2O. The molecule has 0 heterocycles. The zero-order valence-corrected chi connectivity index (χ0v) is 9.81. The summed E-state index contributed by atoms with van der Waals surface area (Å²) >= 11 is 0. The minimum Gasteiger partial charge on any atom is -0.372 e. The van der Waals surface area contributed by atoms with Gasteiger partial charge in [0.15, 0.2) is 0 Å². The Morgan fingerprint density at radius 1 is 1.31 bits per heavy atom. The molecule has 0 saturated heterocycles. The molecule has 0 aromatic carbocycles. The van der Waals surface area contributed by atoms with Crippen LogP contribution in [0.15, 0.2) is 0 Å². The van der Waals surface area contributed by atoms with Crippen molar-refractivity contribution in [2.45, 2.75) is 45.3 Å². The van der Waals surface area contributed by atoms with Crippen LogP contribution in [0.4, 0.5) is 13.2 Å². The maximum absolute atomic E-state index is 11.8. The minimum atomic E-state index is -4.25. The summed E-state index contributed by atoms with van der Waals surface area (Å²) in [5, 5.41) is 0. The summed E-state index contributed by atoms with van der Waals surface area (Å²) in [6.45, 7) is 2.97. The summed E-state index contributed by atoms with van der Waals surface area (Å²) in [5.41, 5.74) is 2.62. The number of halogens is 3. The molecule has 0 amide bonds. The lowest BCUT2D eigenvalue weighted by Crippen LogP contribution is -2.40. The van der Waals surface area contributed by atoms with Gasteiger partial charge in [0.1, 0.15) is 6.61 Å². The summed E-state index contributed by atoms with van der Waals surface area (Å²) in [6, 6.07) is 0.00758. The lowest BCUT2D eigenvalue weighted by molar-refractivity contribution is -0.174. The number of nitrogens with one attached hydrogen (secondary N) is 1. The van der Waals surface area contributed by atoms with Crippen molar-refractivity contribution in [3.8, 4) is 0 Å².